The third-order valence-corrected chi connectivity index (χ3v) is 1.25. The van der Waals surface area contributed by atoms with Crippen molar-refractivity contribution < 1.29 is 0 Å². The standard InChI is InChI=1S/C5H10.CN/c1-2-4-5-3-1;1-2/h1-5H2;/q;-1. The highest BCUT2D eigenvalue weighted by atomic mass is 14.2. The van der Waals surface area contributed by atoms with Gasteiger partial charge in [-0.2, -0.15) is 0 Å². The fourth-order valence-corrected chi connectivity index (χ4v) is 0.884. The molecule has 1 fully saturated rings. The van der Waals surface area contributed by atoms with Crippen molar-refractivity contribution >= 4 is 0 Å². The fraction of sp³-hybridized carbons (Fsp3) is 0.833. The smallest absolute Gasteiger partial charge is 0.0533 e. The van der Waals surface area contributed by atoms with Crippen molar-refractivity contribution in [2.45, 2.75) is 32.1 Å². The minimum Gasteiger partial charge on any atom is -0.512 e. The molecule has 1 rings (SSSR count). The average Bonchev–Trinajstić information content (AvgIpc) is 2.23. The molecule has 0 aromatic carbocycles. The monoisotopic (exact) mass is 96.1 g/mol. The second kappa shape index (κ2) is 5.49. The molecule has 0 aliphatic heterocycles. The summed E-state index contributed by atoms with van der Waals surface area (Å²) in [4.78, 5) is 0. The van der Waals surface area contributed by atoms with E-state index >= 15 is 0 Å². The highest BCUT2D eigenvalue weighted by molar-refractivity contribution is 4.51. The van der Waals surface area contributed by atoms with E-state index in [-0.39, 0.29) is 0 Å². The molecule has 0 radical (unpaired) electrons. The second-order valence-corrected chi connectivity index (χ2v) is 1.77. The Balaban J connectivity index is 0.000000162. The quantitative estimate of drug-likeness (QED) is 0.423. The van der Waals surface area contributed by atoms with Gasteiger partial charge in [0.05, 0.1) is 0 Å². The van der Waals surface area contributed by atoms with E-state index in [4.69, 9.17) is 11.8 Å². The average molecular weight is 96.2 g/mol. The van der Waals surface area contributed by atoms with E-state index in [0.717, 1.165) is 0 Å². The zero-order valence-electron chi connectivity index (χ0n) is 4.48. The van der Waals surface area contributed by atoms with Gasteiger partial charge >= 0.3 is 0 Å². The lowest BCUT2D eigenvalue weighted by molar-refractivity contribution is 0.886. The summed E-state index contributed by atoms with van der Waals surface area (Å²) in [5, 5.41) is 6.25. The minimum absolute atomic E-state index is 1.50. The van der Waals surface area contributed by atoms with Crippen molar-refractivity contribution in [1.82, 2.24) is 0 Å². The van der Waals surface area contributed by atoms with Gasteiger partial charge in [-0.05, 0) is 0 Å². The summed E-state index contributed by atoms with van der Waals surface area (Å²) in [6.07, 6.45) is 7.50. The van der Waals surface area contributed by atoms with E-state index in [1.165, 1.54) is 32.1 Å². The summed E-state index contributed by atoms with van der Waals surface area (Å²) in [6, 6.07) is 0. The normalized spacial score (nSPS) is 17.4. The first-order valence-electron chi connectivity index (χ1n) is 2.72. The van der Waals surface area contributed by atoms with Crippen molar-refractivity contribution in [2.75, 3.05) is 0 Å². The predicted octanol–water partition coefficient (Wildman–Crippen LogP) is 2.05. The summed E-state index contributed by atoms with van der Waals surface area (Å²) in [6.45, 7) is 4.75. The van der Waals surface area contributed by atoms with E-state index in [2.05, 4.69) is 0 Å². The lowest BCUT2D eigenvalue weighted by atomic mass is 10.4. The molecule has 1 heteroatoms. The van der Waals surface area contributed by atoms with Crippen molar-refractivity contribution in [1.29, 1.82) is 5.26 Å². The molecule has 0 amide bonds. The van der Waals surface area contributed by atoms with Gasteiger partial charge in [-0.3, -0.25) is 0 Å². The van der Waals surface area contributed by atoms with Crippen LogP contribution in [-0.4, -0.2) is 0 Å². The summed E-state index contributed by atoms with van der Waals surface area (Å²) in [5.74, 6) is 0. The Bertz CT molecular complexity index is 35.8. The number of nitrogens with zero attached hydrogens (tertiary/aromatic N) is 1. The van der Waals surface area contributed by atoms with Crippen LogP contribution in [0.5, 0.6) is 0 Å². The summed E-state index contributed by atoms with van der Waals surface area (Å²) >= 11 is 0. The molecule has 0 atom stereocenters. The number of hydrogen-bond donors (Lipinski definition) is 0. The third kappa shape index (κ3) is 3.32. The molecule has 40 valence electrons. The van der Waals surface area contributed by atoms with Crippen LogP contribution in [-0.2, 0) is 0 Å². The second-order valence-electron chi connectivity index (χ2n) is 1.77. The van der Waals surface area contributed by atoms with Crippen molar-refractivity contribution in [3.63, 3.8) is 0 Å². The molecule has 0 aromatic heterocycles. The molecule has 0 spiro atoms. The van der Waals surface area contributed by atoms with Crippen LogP contribution in [0.1, 0.15) is 32.1 Å². The van der Waals surface area contributed by atoms with Gasteiger partial charge in [-0.15, -0.1) is 0 Å². The van der Waals surface area contributed by atoms with E-state index in [9.17, 15) is 0 Å². The van der Waals surface area contributed by atoms with Gasteiger partial charge in [0.1, 0.15) is 0 Å². The lowest BCUT2D eigenvalue weighted by Gasteiger charge is -1.67. The highest BCUT2D eigenvalue weighted by Crippen LogP contribution is 2.15. The Morgan fingerprint density at radius 1 is 0.714 bits per heavy atom. The highest BCUT2D eigenvalue weighted by Gasteiger charge is 1.95. The van der Waals surface area contributed by atoms with Crippen LogP contribution >= 0.6 is 0 Å². The molecule has 1 aliphatic carbocycles. The van der Waals surface area contributed by atoms with E-state index < -0.39 is 0 Å². The van der Waals surface area contributed by atoms with E-state index in [1.807, 2.05) is 0 Å². The van der Waals surface area contributed by atoms with Gasteiger partial charge < -0.3 is 11.8 Å². The molecule has 0 unspecified atom stereocenters. The summed E-state index contributed by atoms with van der Waals surface area (Å²) < 4.78 is 0. The first-order valence-corrected chi connectivity index (χ1v) is 2.72. The molecule has 1 saturated carbocycles. The minimum atomic E-state index is 1.50. The summed E-state index contributed by atoms with van der Waals surface area (Å²) in [7, 11) is 0. The zero-order chi connectivity index (χ0) is 5.54. The Kier molecular flexibility index (Phi) is 5.09. The van der Waals surface area contributed by atoms with Crippen LogP contribution in [0.2, 0.25) is 0 Å². The van der Waals surface area contributed by atoms with Crippen molar-refractivity contribution in [3.05, 3.63) is 6.57 Å². The number of rotatable bonds is 0. The van der Waals surface area contributed by atoms with Crippen LogP contribution in [0, 0.1) is 11.8 Å². The molecule has 0 saturated heterocycles. The summed E-state index contributed by atoms with van der Waals surface area (Å²) in [5.41, 5.74) is 0. The largest absolute Gasteiger partial charge is 0.512 e. The zero-order valence-corrected chi connectivity index (χ0v) is 4.48. The molecule has 0 bridgehead atoms. The van der Waals surface area contributed by atoms with Crippen LogP contribution in [0.25, 0.3) is 0 Å². The van der Waals surface area contributed by atoms with Crippen LogP contribution in [0.15, 0.2) is 0 Å². The van der Waals surface area contributed by atoms with Gasteiger partial charge in [0, 0.05) is 0 Å². The first-order chi connectivity index (χ1) is 3.50. The van der Waals surface area contributed by atoms with Gasteiger partial charge in [-0.25, -0.2) is 0 Å². The van der Waals surface area contributed by atoms with Gasteiger partial charge in [-0.1, -0.05) is 32.1 Å². The molecule has 0 N–H and O–H groups in total. The maximum Gasteiger partial charge on any atom is -0.0533 e. The van der Waals surface area contributed by atoms with Crippen molar-refractivity contribution in [2.24, 2.45) is 0 Å². The van der Waals surface area contributed by atoms with E-state index in [0.29, 0.717) is 0 Å². The van der Waals surface area contributed by atoms with Gasteiger partial charge in [0.2, 0.25) is 0 Å². The molecule has 1 nitrogen and oxygen atoms in total. The Morgan fingerprint density at radius 2 is 0.857 bits per heavy atom. The van der Waals surface area contributed by atoms with Crippen LogP contribution in [0.3, 0.4) is 0 Å². The predicted molar refractivity (Wildman–Crippen MR) is 28.1 cm³/mol. The topological polar surface area (TPSA) is 23.8 Å². The molecule has 0 heterocycles. The van der Waals surface area contributed by atoms with Gasteiger partial charge in [0.15, 0.2) is 0 Å². The van der Waals surface area contributed by atoms with Gasteiger partial charge in [0.25, 0.3) is 0 Å². The lowest BCUT2D eigenvalue weighted by Crippen LogP contribution is -1.47. The molecular formula is C6H10N-. The number of hydrogen-bond acceptors (Lipinski definition) is 1. The molecule has 0 aromatic rings. The van der Waals surface area contributed by atoms with Crippen LogP contribution in [0.4, 0.5) is 0 Å². The maximum absolute atomic E-state index is 6.25. The van der Waals surface area contributed by atoms with Crippen LogP contribution < -0.4 is 0 Å². The first kappa shape index (κ1) is 6.49. The fourth-order valence-electron chi connectivity index (χ4n) is 0.884. The Morgan fingerprint density at radius 3 is 1.00 bits per heavy atom. The molecular weight excluding hydrogens is 86.1 g/mol. The van der Waals surface area contributed by atoms with E-state index in [1.54, 1.807) is 0 Å². The maximum atomic E-state index is 6.25. The van der Waals surface area contributed by atoms with Crippen molar-refractivity contribution in [3.8, 4) is 0 Å². The SMILES string of the molecule is C1CCCC1.[C-]#N. The Labute approximate surface area is 45.0 Å². The molecule has 7 heavy (non-hydrogen) atoms. The molecule has 1 aliphatic rings. The third-order valence-electron chi connectivity index (χ3n) is 1.25. The Hall–Kier alpha value is -0.510.